The Morgan fingerprint density at radius 1 is 1.17 bits per heavy atom. The van der Waals surface area contributed by atoms with Crippen molar-refractivity contribution < 1.29 is 14.3 Å². The van der Waals surface area contributed by atoms with Gasteiger partial charge in [0.15, 0.2) is 5.78 Å². The van der Waals surface area contributed by atoms with E-state index >= 15 is 0 Å². The highest BCUT2D eigenvalue weighted by Crippen LogP contribution is 2.29. The van der Waals surface area contributed by atoms with E-state index in [0.29, 0.717) is 13.0 Å². The number of ketones is 1. The van der Waals surface area contributed by atoms with Gasteiger partial charge in [-0.05, 0) is 31.0 Å². The van der Waals surface area contributed by atoms with Crippen LogP contribution in [0.4, 0.5) is 0 Å². The summed E-state index contributed by atoms with van der Waals surface area (Å²) in [5, 5.41) is 0.923. The summed E-state index contributed by atoms with van der Waals surface area (Å²) in [4.78, 5) is 24.6. The van der Waals surface area contributed by atoms with Gasteiger partial charge in [-0.15, -0.1) is 5.54 Å². The van der Waals surface area contributed by atoms with Crippen molar-refractivity contribution in [3.63, 3.8) is 0 Å². The Morgan fingerprint density at radius 2 is 1.79 bits per heavy atom. The van der Waals surface area contributed by atoms with Gasteiger partial charge < -0.3 is 4.74 Å². The lowest BCUT2D eigenvalue weighted by Crippen LogP contribution is -2.30. The fourth-order valence-electron chi connectivity index (χ4n) is 2.64. The van der Waals surface area contributed by atoms with Crippen LogP contribution in [-0.2, 0) is 14.3 Å². The Hall–Kier alpha value is -1.39. The average molecular weight is 363 g/mol. The molecule has 0 amide bonds. The van der Waals surface area contributed by atoms with Crippen molar-refractivity contribution in [3.05, 3.63) is 22.4 Å². The Balaban J connectivity index is 3.19. The summed E-state index contributed by atoms with van der Waals surface area (Å²) in [6, 6.07) is 0. The summed E-state index contributed by atoms with van der Waals surface area (Å²) in [6.45, 7) is 15.3. The molecular weight excluding hydrogens is 332 g/mol. The van der Waals surface area contributed by atoms with Gasteiger partial charge in [0.2, 0.25) is 0 Å². The molecule has 0 aromatic rings. The van der Waals surface area contributed by atoms with Gasteiger partial charge in [0.05, 0.1) is 21.1 Å². The van der Waals surface area contributed by atoms with Gasteiger partial charge in [0.25, 0.3) is 0 Å². The standard InChI is InChI=1S/C19H30O3Si2/c1-8-22-18(21)14-15-9-10-16(11-12-23(2,3)4)19(17(20)13-15)24(5,6)7/h13H,8-10,14H2,1-7H3. The highest BCUT2D eigenvalue weighted by molar-refractivity contribution is 6.88. The van der Waals surface area contributed by atoms with Crippen molar-refractivity contribution in [2.75, 3.05) is 6.61 Å². The van der Waals surface area contributed by atoms with Gasteiger partial charge in [-0.2, -0.15) is 0 Å². The molecule has 0 heterocycles. The predicted molar refractivity (Wildman–Crippen MR) is 105 cm³/mol. The zero-order valence-corrected chi connectivity index (χ0v) is 18.1. The van der Waals surface area contributed by atoms with E-state index < -0.39 is 16.1 Å². The van der Waals surface area contributed by atoms with Crippen molar-refractivity contribution in [3.8, 4) is 11.5 Å². The minimum Gasteiger partial charge on any atom is -0.466 e. The van der Waals surface area contributed by atoms with E-state index in [9.17, 15) is 9.59 Å². The molecule has 0 aromatic carbocycles. The van der Waals surface area contributed by atoms with Crippen LogP contribution in [0.25, 0.3) is 0 Å². The summed E-state index contributed by atoms with van der Waals surface area (Å²) < 4.78 is 5.02. The van der Waals surface area contributed by atoms with Gasteiger partial charge in [0.1, 0.15) is 8.07 Å². The molecule has 132 valence electrons. The van der Waals surface area contributed by atoms with Crippen LogP contribution in [0.2, 0.25) is 39.3 Å². The maximum Gasteiger partial charge on any atom is 0.309 e. The van der Waals surface area contributed by atoms with E-state index in [-0.39, 0.29) is 18.2 Å². The number of carbonyl (C=O) groups excluding carboxylic acids is 2. The molecule has 24 heavy (non-hydrogen) atoms. The number of ether oxygens (including phenoxy) is 1. The SMILES string of the molecule is CCOC(=O)CC1=CC(=O)C([Si](C)(C)C)=C(C#C[Si](C)(C)C)CC1. The minimum absolute atomic E-state index is 0.0471. The molecule has 0 atom stereocenters. The number of allylic oxidation sites excluding steroid dienone is 3. The smallest absolute Gasteiger partial charge is 0.309 e. The first-order chi connectivity index (χ1) is 10.9. The largest absolute Gasteiger partial charge is 0.466 e. The van der Waals surface area contributed by atoms with Gasteiger partial charge >= 0.3 is 5.97 Å². The molecule has 5 heteroatoms. The van der Waals surface area contributed by atoms with E-state index in [1.54, 1.807) is 13.0 Å². The molecule has 0 fully saturated rings. The van der Waals surface area contributed by atoms with Crippen molar-refractivity contribution in [1.82, 2.24) is 0 Å². The molecule has 0 aliphatic heterocycles. The highest BCUT2D eigenvalue weighted by Gasteiger charge is 2.30. The molecule has 0 unspecified atom stereocenters. The minimum atomic E-state index is -1.81. The third-order valence-corrected chi connectivity index (χ3v) is 6.52. The van der Waals surface area contributed by atoms with Gasteiger partial charge in [-0.25, -0.2) is 0 Å². The summed E-state index contributed by atoms with van der Waals surface area (Å²) >= 11 is 0. The molecule has 0 spiro atoms. The van der Waals surface area contributed by atoms with Crippen LogP contribution in [0.1, 0.15) is 26.2 Å². The van der Waals surface area contributed by atoms with Crippen LogP contribution in [0, 0.1) is 11.5 Å². The number of hydrogen-bond acceptors (Lipinski definition) is 3. The molecule has 0 saturated carbocycles. The average Bonchev–Trinajstić information content (AvgIpc) is 2.54. The Labute approximate surface area is 148 Å². The summed E-state index contributed by atoms with van der Waals surface area (Å²) in [5.41, 5.74) is 5.26. The molecule has 1 rings (SSSR count). The monoisotopic (exact) mass is 362 g/mol. The second-order valence-electron chi connectivity index (χ2n) is 8.25. The quantitative estimate of drug-likeness (QED) is 0.426. The maximum absolute atomic E-state index is 12.8. The number of rotatable bonds is 4. The molecule has 1 aliphatic rings. The topological polar surface area (TPSA) is 43.4 Å². The van der Waals surface area contributed by atoms with E-state index in [4.69, 9.17) is 4.74 Å². The lowest BCUT2D eigenvalue weighted by Gasteiger charge is -2.20. The number of hydrogen-bond donors (Lipinski definition) is 0. The number of carbonyl (C=O) groups is 2. The van der Waals surface area contributed by atoms with Crippen LogP contribution in [0.5, 0.6) is 0 Å². The van der Waals surface area contributed by atoms with Gasteiger partial charge in [0, 0.05) is 5.57 Å². The Bertz CT molecular complexity index is 632. The zero-order valence-electron chi connectivity index (χ0n) is 16.1. The van der Waals surface area contributed by atoms with E-state index in [1.165, 1.54) is 0 Å². The second-order valence-corrected chi connectivity index (χ2v) is 18.0. The van der Waals surface area contributed by atoms with Crippen LogP contribution in [0.3, 0.4) is 0 Å². The van der Waals surface area contributed by atoms with E-state index in [1.807, 2.05) is 0 Å². The lowest BCUT2D eigenvalue weighted by atomic mass is 10.1. The summed E-state index contributed by atoms with van der Waals surface area (Å²) in [7, 11) is -3.32. The molecule has 3 nitrogen and oxygen atoms in total. The summed E-state index contributed by atoms with van der Waals surface area (Å²) in [6.07, 6.45) is 3.31. The Kier molecular flexibility index (Phi) is 7.00. The van der Waals surface area contributed by atoms with Gasteiger partial charge in [-0.1, -0.05) is 50.8 Å². The van der Waals surface area contributed by atoms with E-state index in [0.717, 1.165) is 22.8 Å². The molecule has 0 N–H and O–H groups in total. The van der Waals surface area contributed by atoms with Crippen LogP contribution >= 0.6 is 0 Å². The fourth-order valence-corrected chi connectivity index (χ4v) is 5.07. The fraction of sp³-hybridized carbons (Fsp3) is 0.579. The maximum atomic E-state index is 12.8. The lowest BCUT2D eigenvalue weighted by molar-refractivity contribution is -0.142. The highest BCUT2D eigenvalue weighted by atomic mass is 28.3. The van der Waals surface area contributed by atoms with Crippen molar-refractivity contribution in [2.45, 2.75) is 65.5 Å². The van der Waals surface area contributed by atoms with E-state index in [2.05, 4.69) is 50.7 Å². The van der Waals surface area contributed by atoms with Crippen LogP contribution in [-0.4, -0.2) is 34.5 Å². The van der Waals surface area contributed by atoms with Crippen LogP contribution in [0.15, 0.2) is 22.4 Å². The first kappa shape index (κ1) is 20.7. The molecule has 0 aromatic heterocycles. The molecule has 0 radical (unpaired) electrons. The number of esters is 1. The van der Waals surface area contributed by atoms with Crippen molar-refractivity contribution in [2.24, 2.45) is 0 Å². The normalized spacial score (nSPS) is 16.1. The van der Waals surface area contributed by atoms with Crippen molar-refractivity contribution >= 4 is 27.9 Å². The van der Waals surface area contributed by atoms with Crippen LogP contribution < -0.4 is 0 Å². The second kappa shape index (κ2) is 8.13. The third-order valence-electron chi connectivity index (χ3n) is 3.59. The predicted octanol–water partition coefficient (Wildman–Crippen LogP) is 4.28. The third kappa shape index (κ3) is 6.62. The Morgan fingerprint density at radius 3 is 2.29 bits per heavy atom. The van der Waals surface area contributed by atoms with Gasteiger partial charge in [-0.3, -0.25) is 9.59 Å². The molecule has 0 bridgehead atoms. The molecular formula is C19H30O3Si2. The first-order valence-electron chi connectivity index (χ1n) is 8.60. The molecule has 1 aliphatic carbocycles. The zero-order chi connectivity index (χ0) is 18.5. The molecule has 0 saturated heterocycles. The first-order valence-corrected chi connectivity index (χ1v) is 15.6. The van der Waals surface area contributed by atoms with Crippen molar-refractivity contribution in [1.29, 1.82) is 0 Å². The summed E-state index contributed by atoms with van der Waals surface area (Å²) in [5.74, 6) is 3.13.